The SMILES string of the molecule is COc1nc(Nc2ncc(F)c(-c3cc(F)c4c(c3)N(C(C)C)CCO4)n2)ccc1C1CCN(C(=O)OC(C)(C)C)CC1. The zero-order valence-electron chi connectivity index (χ0n) is 25.4. The monoisotopic (exact) mass is 596 g/mol. The van der Waals surface area contributed by atoms with Crippen LogP contribution in [0, 0.1) is 11.6 Å². The Labute approximate surface area is 250 Å². The highest BCUT2D eigenvalue weighted by molar-refractivity contribution is 5.73. The number of piperidine rings is 1. The number of halogens is 2. The smallest absolute Gasteiger partial charge is 0.410 e. The second-order valence-electron chi connectivity index (χ2n) is 12.0. The summed E-state index contributed by atoms with van der Waals surface area (Å²) in [4.78, 5) is 29.2. The molecule has 0 bridgehead atoms. The summed E-state index contributed by atoms with van der Waals surface area (Å²) in [6.07, 6.45) is 2.22. The molecule has 43 heavy (non-hydrogen) atoms. The number of nitrogens with one attached hydrogen (secondary N) is 1. The van der Waals surface area contributed by atoms with E-state index in [0.717, 1.165) is 24.6 Å². The summed E-state index contributed by atoms with van der Waals surface area (Å²) in [5.74, 6) is -0.0189. The minimum Gasteiger partial charge on any atom is -0.486 e. The van der Waals surface area contributed by atoms with E-state index < -0.39 is 17.2 Å². The van der Waals surface area contributed by atoms with Gasteiger partial charge in [-0.05, 0) is 77.6 Å². The molecule has 4 heterocycles. The Hall–Kier alpha value is -4.22. The van der Waals surface area contributed by atoms with E-state index in [1.807, 2.05) is 45.6 Å². The molecule has 0 atom stereocenters. The van der Waals surface area contributed by atoms with Crippen molar-refractivity contribution in [3.8, 4) is 22.9 Å². The number of carbonyl (C=O) groups excluding carboxylic acids is 1. The maximum atomic E-state index is 15.1. The molecular formula is C31H38F2N6O4. The lowest BCUT2D eigenvalue weighted by Gasteiger charge is -2.34. The summed E-state index contributed by atoms with van der Waals surface area (Å²) in [7, 11) is 1.55. The summed E-state index contributed by atoms with van der Waals surface area (Å²) >= 11 is 0. The molecular weight excluding hydrogens is 558 g/mol. The van der Waals surface area contributed by atoms with E-state index >= 15 is 4.39 Å². The third-order valence-electron chi connectivity index (χ3n) is 7.46. The first kappa shape index (κ1) is 30.2. The minimum atomic E-state index is -0.684. The minimum absolute atomic E-state index is 0.0474. The molecule has 1 amide bonds. The molecule has 2 aliphatic heterocycles. The fraction of sp³-hybridized carbons (Fsp3) is 0.484. The quantitative estimate of drug-likeness (QED) is 0.352. The lowest BCUT2D eigenvalue weighted by molar-refractivity contribution is 0.0204. The van der Waals surface area contributed by atoms with Crippen molar-refractivity contribution in [2.45, 2.75) is 65.0 Å². The second kappa shape index (κ2) is 12.2. The van der Waals surface area contributed by atoms with E-state index in [4.69, 9.17) is 14.2 Å². The highest BCUT2D eigenvalue weighted by atomic mass is 19.1. The van der Waals surface area contributed by atoms with E-state index in [1.165, 1.54) is 6.07 Å². The molecule has 0 spiro atoms. The van der Waals surface area contributed by atoms with Gasteiger partial charge < -0.3 is 29.3 Å². The second-order valence-corrected chi connectivity index (χ2v) is 12.0. The largest absolute Gasteiger partial charge is 0.486 e. The summed E-state index contributed by atoms with van der Waals surface area (Å²) in [6.45, 7) is 11.7. The van der Waals surface area contributed by atoms with Gasteiger partial charge in [0, 0.05) is 30.3 Å². The number of anilines is 3. The number of ether oxygens (including phenoxy) is 3. The fourth-order valence-electron chi connectivity index (χ4n) is 5.41. The first-order valence-corrected chi connectivity index (χ1v) is 14.5. The first-order valence-electron chi connectivity index (χ1n) is 14.5. The zero-order chi connectivity index (χ0) is 30.9. The summed E-state index contributed by atoms with van der Waals surface area (Å²) in [6, 6.07) is 6.72. The van der Waals surface area contributed by atoms with Gasteiger partial charge in [0.25, 0.3) is 0 Å². The Kier molecular flexibility index (Phi) is 8.57. The molecule has 2 aromatic heterocycles. The number of carbonyl (C=O) groups is 1. The van der Waals surface area contributed by atoms with Gasteiger partial charge in [-0.3, -0.25) is 0 Å². The molecule has 230 valence electrons. The molecule has 12 heteroatoms. The number of rotatable bonds is 6. The topological polar surface area (TPSA) is 102 Å². The standard InChI is InChI=1S/C31H38F2N6O4/c1-18(2)39-13-14-42-27-22(32)15-20(16-24(27)39)26-23(33)17-34-29(37-26)36-25-8-7-21(28(35-25)41-6)19-9-11-38(12-10-19)30(40)43-31(3,4)5/h7-8,15-19H,9-14H2,1-6H3,(H,34,35,36,37). The van der Waals surface area contributed by atoms with Gasteiger partial charge >= 0.3 is 6.09 Å². The molecule has 1 N–H and O–H groups in total. The van der Waals surface area contributed by atoms with Crippen LogP contribution >= 0.6 is 0 Å². The molecule has 0 radical (unpaired) electrons. The molecule has 10 nitrogen and oxygen atoms in total. The third-order valence-corrected chi connectivity index (χ3v) is 7.46. The highest BCUT2D eigenvalue weighted by Gasteiger charge is 2.30. The van der Waals surface area contributed by atoms with Crippen molar-refractivity contribution < 1.29 is 27.8 Å². The van der Waals surface area contributed by atoms with Gasteiger partial charge in [-0.2, -0.15) is 4.98 Å². The Morgan fingerprint density at radius 3 is 2.51 bits per heavy atom. The van der Waals surface area contributed by atoms with E-state index in [9.17, 15) is 9.18 Å². The summed E-state index contributed by atoms with van der Waals surface area (Å²) in [5.41, 5.74) is 1.17. The number of amides is 1. The Morgan fingerprint density at radius 1 is 1.09 bits per heavy atom. The van der Waals surface area contributed by atoms with E-state index in [2.05, 4.69) is 20.3 Å². The fourth-order valence-corrected chi connectivity index (χ4v) is 5.41. The van der Waals surface area contributed by atoms with Gasteiger partial charge in [0.15, 0.2) is 17.4 Å². The van der Waals surface area contributed by atoms with Crippen molar-refractivity contribution in [2.75, 3.05) is 43.6 Å². The average Bonchev–Trinajstić information content (AvgIpc) is 2.97. The van der Waals surface area contributed by atoms with Crippen LogP contribution in [0.4, 0.5) is 31.0 Å². The molecule has 1 saturated heterocycles. The number of likely N-dealkylation sites (tertiary alicyclic amines) is 1. The average molecular weight is 597 g/mol. The Bertz CT molecular complexity index is 1490. The van der Waals surface area contributed by atoms with Crippen molar-refractivity contribution in [3.05, 3.63) is 47.7 Å². The van der Waals surface area contributed by atoms with E-state index in [-0.39, 0.29) is 41.0 Å². The van der Waals surface area contributed by atoms with Crippen LogP contribution in [0.5, 0.6) is 11.6 Å². The van der Waals surface area contributed by atoms with Gasteiger partial charge in [0.2, 0.25) is 11.8 Å². The van der Waals surface area contributed by atoms with Crippen LogP contribution in [0.1, 0.15) is 58.9 Å². The maximum Gasteiger partial charge on any atom is 0.410 e. The van der Waals surface area contributed by atoms with Gasteiger partial charge in [-0.25, -0.2) is 23.5 Å². The van der Waals surface area contributed by atoms with Gasteiger partial charge in [-0.1, -0.05) is 0 Å². The van der Waals surface area contributed by atoms with E-state index in [1.54, 1.807) is 24.1 Å². The number of benzene rings is 1. The Morgan fingerprint density at radius 2 is 1.84 bits per heavy atom. The van der Waals surface area contributed by atoms with Crippen molar-refractivity contribution >= 4 is 23.5 Å². The molecule has 0 saturated carbocycles. The van der Waals surface area contributed by atoms with Crippen LogP contribution in [0.15, 0.2) is 30.5 Å². The van der Waals surface area contributed by atoms with Gasteiger partial charge in [0.05, 0.1) is 25.5 Å². The molecule has 3 aromatic rings. The van der Waals surface area contributed by atoms with Crippen LogP contribution < -0.4 is 19.7 Å². The molecule has 2 aliphatic rings. The van der Waals surface area contributed by atoms with Crippen molar-refractivity contribution in [2.24, 2.45) is 0 Å². The van der Waals surface area contributed by atoms with Gasteiger partial charge in [0.1, 0.15) is 23.7 Å². The third kappa shape index (κ3) is 6.73. The molecule has 1 aromatic carbocycles. The number of nitrogens with zero attached hydrogens (tertiary/aromatic N) is 5. The summed E-state index contributed by atoms with van der Waals surface area (Å²) < 4.78 is 46.7. The lowest BCUT2D eigenvalue weighted by Crippen LogP contribution is -2.41. The molecule has 1 fully saturated rings. The number of hydrogen-bond donors (Lipinski definition) is 1. The Balaban J connectivity index is 1.33. The van der Waals surface area contributed by atoms with Crippen molar-refractivity contribution in [1.82, 2.24) is 19.9 Å². The van der Waals surface area contributed by atoms with Crippen LogP contribution in [-0.4, -0.2) is 70.9 Å². The molecule has 0 unspecified atom stereocenters. The van der Waals surface area contributed by atoms with Crippen molar-refractivity contribution in [3.63, 3.8) is 0 Å². The van der Waals surface area contributed by atoms with Crippen LogP contribution in [0.3, 0.4) is 0 Å². The lowest BCUT2D eigenvalue weighted by atomic mass is 9.90. The number of fused-ring (bicyclic) bond motifs is 1. The van der Waals surface area contributed by atoms with Crippen LogP contribution in [0.2, 0.25) is 0 Å². The maximum absolute atomic E-state index is 15.1. The van der Waals surface area contributed by atoms with Crippen LogP contribution in [-0.2, 0) is 4.74 Å². The predicted octanol–water partition coefficient (Wildman–Crippen LogP) is 6.29. The normalized spacial score (nSPS) is 15.7. The predicted molar refractivity (Wildman–Crippen MR) is 159 cm³/mol. The summed E-state index contributed by atoms with van der Waals surface area (Å²) in [5, 5.41) is 3.02. The number of methoxy groups -OCH3 is 1. The molecule has 0 aliphatic carbocycles. The number of hydrogen-bond acceptors (Lipinski definition) is 9. The van der Waals surface area contributed by atoms with Crippen LogP contribution in [0.25, 0.3) is 11.3 Å². The number of aromatic nitrogens is 3. The van der Waals surface area contributed by atoms with Gasteiger partial charge in [-0.15, -0.1) is 0 Å². The first-order chi connectivity index (χ1) is 20.4. The highest BCUT2D eigenvalue weighted by Crippen LogP contribution is 2.40. The molecule has 5 rings (SSSR count). The zero-order valence-corrected chi connectivity index (χ0v) is 25.4. The van der Waals surface area contributed by atoms with E-state index in [0.29, 0.717) is 43.6 Å². The van der Waals surface area contributed by atoms with Crippen molar-refractivity contribution in [1.29, 1.82) is 0 Å². The number of pyridine rings is 1.